The highest BCUT2D eigenvalue weighted by molar-refractivity contribution is 6.30. The molecule has 0 aliphatic heterocycles. The van der Waals surface area contributed by atoms with Crippen molar-refractivity contribution in [2.75, 3.05) is 5.32 Å². The molecular weight excluding hydrogens is 294 g/mol. The van der Waals surface area contributed by atoms with Gasteiger partial charge in [0.05, 0.1) is 0 Å². The van der Waals surface area contributed by atoms with Crippen LogP contribution in [0.1, 0.15) is 37.0 Å². The molecule has 0 bridgehead atoms. The molecule has 0 spiro atoms. The molecule has 0 radical (unpaired) electrons. The molecule has 0 atom stereocenters. The molecule has 0 aliphatic carbocycles. The average Bonchev–Trinajstić information content (AvgIpc) is 2.54. The van der Waals surface area contributed by atoms with E-state index in [-0.39, 0.29) is 5.91 Å². The zero-order valence-electron chi connectivity index (χ0n) is 13.2. The molecule has 1 amide bonds. The molecule has 2 rings (SSSR count). The van der Waals surface area contributed by atoms with Crippen molar-refractivity contribution in [2.45, 2.75) is 39.5 Å². The maximum absolute atomic E-state index is 12.3. The van der Waals surface area contributed by atoms with Crippen LogP contribution in [0.25, 0.3) is 0 Å². The molecule has 0 aliphatic rings. The first-order chi connectivity index (χ1) is 10.6. The Morgan fingerprint density at radius 2 is 1.59 bits per heavy atom. The van der Waals surface area contributed by atoms with E-state index in [9.17, 15) is 4.79 Å². The number of benzene rings is 2. The number of anilines is 1. The molecule has 0 fully saturated rings. The van der Waals surface area contributed by atoms with Crippen LogP contribution in [0.15, 0.2) is 42.5 Å². The Kier molecular flexibility index (Phi) is 6.02. The minimum absolute atomic E-state index is 0.0607. The van der Waals surface area contributed by atoms with Gasteiger partial charge in [-0.2, -0.15) is 0 Å². The number of nitrogens with one attached hydrogen (secondary N) is 1. The molecule has 0 aromatic heterocycles. The van der Waals surface area contributed by atoms with Gasteiger partial charge in [-0.1, -0.05) is 55.8 Å². The Morgan fingerprint density at radius 1 is 1.00 bits per heavy atom. The highest BCUT2D eigenvalue weighted by Crippen LogP contribution is 2.23. The van der Waals surface area contributed by atoms with E-state index < -0.39 is 0 Å². The van der Waals surface area contributed by atoms with Gasteiger partial charge in [0.25, 0.3) is 0 Å². The average molecular weight is 316 g/mol. The first-order valence-electron chi connectivity index (χ1n) is 7.79. The molecule has 0 heterocycles. The van der Waals surface area contributed by atoms with Crippen LogP contribution in [0.4, 0.5) is 5.69 Å². The first-order valence-corrected chi connectivity index (χ1v) is 8.16. The normalized spacial score (nSPS) is 10.5. The van der Waals surface area contributed by atoms with Crippen molar-refractivity contribution in [1.29, 1.82) is 0 Å². The van der Waals surface area contributed by atoms with Gasteiger partial charge in [-0.25, -0.2) is 0 Å². The maximum Gasteiger partial charge on any atom is 0.224 e. The van der Waals surface area contributed by atoms with Crippen LogP contribution in [0, 0.1) is 0 Å². The summed E-state index contributed by atoms with van der Waals surface area (Å²) in [5, 5.41) is 3.82. The molecule has 3 heteroatoms. The Hall–Kier alpha value is -1.80. The summed E-state index contributed by atoms with van der Waals surface area (Å²) in [5.41, 5.74) is 4.51. The van der Waals surface area contributed by atoms with Gasteiger partial charge in [-0.05, 0) is 48.1 Å². The lowest BCUT2D eigenvalue weighted by Gasteiger charge is -2.14. The summed E-state index contributed by atoms with van der Waals surface area (Å²) < 4.78 is 0. The first kappa shape index (κ1) is 16.6. The minimum atomic E-state index is 0.0607. The summed E-state index contributed by atoms with van der Waals surface area (Å²) in [7, 11) is 0. The monoisotopic (exact) mass is 315 g/mol. The Balaban J connectivity index is 2.01. The van der Waals surface area contributed by atoms with Gasteiger partial charge in [0.1, 0.15) is 0 Å². The summed E-state index contributed by atoms with van der Waals surface area (Å²) >= 11 is 5.87. The number of carbonyl (C=O) groups is 1. The van der Waals surface area contributed by atoms with E-state index in [1.165, 1.54) is 11.1 Å². The highest BCUT2D eigenvalue weighted by atomic mass is 35.5. The van der Waals surface area contributed by atoms with Crippen molar-refractivity contribution < 1.29 is 4.79 Å². The molecule has 22 heavy (non-hydrogen) atoms. The van der Waals surface area contributed by atoms with E-state index in [0.29, 0.717) is 6.42 Å². The number of hydrogen-bond donors (Lipinski definition) is 1. The SMILES string of the molecule is CCc1cccc(CC)c1NC(=O)CCc1ccc(Cl)cc1. The molecule has 2 nitrogen and oxygen atoms in total. The fraction of sp³-hybridized carbons (Fsp3) is 0.316. The topological polar surface area (TPSA) is 29.1 Å². The number of hydrogen-bond acceptors (Lipinski definition) is 1. The van der Waals surface area contributed by atoms with Gasteiger partial charge in [-0.15, -0.1) is 0 Å². The van der Waals surface area contributed by atoms with Crippen molar-refractivity contribution in [1.82, 2.24) is 0 Å². The van der Waals surface area contributed by atoms with E-state index in [1.54, 1.807) is 0 Å². The van der Waals surface area contributed by atoms with Crippen LogP contribution in [-0.2, 0) is 24.1 Å². The van der Waals surface area contributed by atoms with Crippen molar-refractivity contribution in [3.63, 3.8) is 0 Å². The second kappa shape index (κ2) is 8.00. The molecule has 0 saturated heterocycles. The second-order valence-electron chi connectivity index (χ2n) is 5.33. The predicted octanol–water partition coefficient (Wildman–Crippen LogP) is 5.04. The van der Waals surface area contributed by atoms with E-state index >= 15 is 0 Å². The van der Waals surface area contributed by atoms with E-state index in [4.69, 9.17) is 11.6 Å². The zero-order valence-corrected chi connectivity index (χ0v) is 13.9. The Bertz CT molecular complexity index is 612. The largest absolute Gasteiger partial charge is 0.326 e. The number of halogens is 1. The van der Waals surface area contributed by atoms with Crippen LogP contribution in [-0.4, -0.2) is 5.91 Å². The van der Waals surface area contributed by atoms with Crippen LogP contribution in [0.5, 0.6) is 0 Å². The molecule has 0 unspecified atom stereocenters. The smallest absolute Gasteiger partial charge is 0.224 e. The number of aryl methyl sites for hydroxylation is 3. The zero-order chi connectivity index (χ0) is 15.9. The van der Waals surface area contributed by atoms with E-state index in [2.05, 4.69) is 37.4 Å². The molecular formula is C19H22ClNO. The third-order valence-electron chi connectivity index (χ3n) is 3.82. The number of amides is 1. The lowest BCUT2D eigenvalue weighted by molar-refractivity contribution is -0.116. The number of para-hydroxylation sites is 1. The fourth-order valence-corrected chi connectivity index (χ4v) is 2.64. The van der Waals surface area contributed by atoms with Crippen molar-refractivity contribution in [2.24, 2.45) is 0 Å². The van der Waals surface area contributed by atoms with E-state index in [0.717, 1.165) is 35.5 Å². The Morgan fingerprint density at radius 3 is 2.14 bits per heavy atom. The quantitative estimate of drug-likeness (QED) is 0.795. The van der Waals surface area contributed by atoms with Gasteiger partial charge in [-0.3, -0.25) is 4.79 Å². The number of rotatable bonds is 6. The molecule has 1 N–H and O–H groups in total. The summed E-state index contributed by atoms with van der Waals surface area (Å²) in [4.78, 5) is 12.3. The van der Waals surface area contributed by atoms with Crippen LogP contribution < -0.4 is 5.32 Å². The van der Waals surface area contributed by atoms with E-state index in [1.807, 2.05) is 24.3 Å². The van der Waals surface area contributed by atoms with Crippen LogP contribution >= 0.6 is 11.6 Å². The lowest BCUT2D eigenvalue weighted by atomic mass is 10.0. The summed E-state index contributed by atoms with van der Waals surface area (Å²) in [6.45, 7) is 4.22. The van der Waals surface area contributed by atoms with Gasteiger partial charge in [0.2, 0.25) is 5.91 Å². The molecule has 2 aromatic carbocycles. The molecule has 2 aromatic rings. The van der Waals surface area contributed by atoms with Crippen molar-refractivity contribution >= 4 is 23.2 Å². The van der Waals surface area contributed by atoms with Gasteiger partial charge in [0, 0.05) is 17.1 Å². The third kappa shape index (κ3) is 4.35. The standard InChI is InChI=1S/C19H22ClNO/c1-3-15-6-5-7-16(4-2)19(15)21-18(22)13-10-14-8-11-17(20)12-9-14/h5-9,11-12H,3-4,10,13H2,1-2H3,(H,21,22). The second-order valence-corrected chi connectivity index (χ2v) is 5.77. The lowest BCUT2D eigenvalue weighted by Crippen LogP contribution is -2.15. The minimum Gasteiger partial charge on any atom is -0.326 e. The maximum atomic E-state index is 12.3. The Labute approximate surface area is 137 Å². The summed E-state index contributed by atoms with van der Waals surface area (Å²) in [5.74, 6) is 0.0607. The molecule has 116 valence electrons. The molecule has 0 saturated carbocycles. The number of carbonyl (C=O) groups excluding carboxylic acids is 1. The third-order valence-corrected chi connectivity index (χ3v) is 4.07. The summed E-state index contributed by atoms with van der Waals surface area (Å²) in [6.07, 6.45) is 3.03. The fourth-order valence-electron chi connectivity index (χ4n) is 2.51. The van der Waals surface area contributed by atoms with Crippen LogP contribution in [0.3, 0.4) is 0 Å². The van der Waals surface area contributed by atoms with Gasteiger partial charge in [0.15, 0.2) is 0 Å². The van der Waals surface area contributed by atoms with Crippen molar-refractivity contribution in [3.05, 3.63) is 64.2 Å². The van der Waals surface area contributed by atoms with Crippen molar-refractivity contribution in [3.8, 4) is 0 Å². The van der Waals surface area contributed by atoms with Gasteiger partial charge >= 0.3 is 0 Å². The summed E-state index contributed by atoms with van der Waals surface area (Å²) in [6, 6.07) is 13.9. The predicted molar refractivity (Wildman–Crippen MR) is 93.6 cm³/mol. The van der Waals surface area contributed by atoms with Gasteiger partial charge < -0.3 is 5.32 Å². The highest BCUT2D eigenvalue weighted by Gasteiger charge is 2.10. The van der Waals surface area contributed by atoms with Crippen LogP contribution in [0.2, 0.25) is 5.02 Å².